The van der Waals surface area contributed by atoms with Gasteiger partial charge >= 0.3 is 0 Å². The number of halogens is 1. The Bertz CT molecular complexity index is 810. The molecule has 1 aromatic heterocycles. The average Bonchev–Trinajstić information content (AvgIpc) is 2.90. The van der Waals surface area contributed by atoms with Gasteiger partial charge in [0, 0.05) is 5.56 Å². The number of nitrogens with zero attached hydrogens (tertiary/aromatic N) is 2. The van der Waals surface area contributed by atoms with Gasteiger partial charge < -0.3 is 4.42 Å². The molecule has 4 heteroatoms. The maximum absolute atomic E-state index is 13.6. The van der Waals surface area contributed by atoms with Gasteiger partial charge in [0.2, 0.25) is 5.89 Å². The van der Waals surface area contributed by atoms with Crippen molar-refractivity contribution in [3.63, 3.8) is 0 Å². The van der Waals surface area contributed by atoms with Crippen LogP contribution in [0.5, 0.6) is 0 Å². The summed E-state index contributed by atoms with van der Waals surface area (Å²) in [5, 5.41) is 9.22. The number of nitriles is 1. The second-order valence-corrected chi connectivity index (χ2v) is 4.18. The van der Waals surface area contributed by atoms with Gasteiger partial charge in [0.15, 0.2) is 5.58 Å². The van der Waals surface area contributed by atoms with Crippen LogP contribution in [0.1, 0.15) is 11.5 Å². The zero-order valence-electron chi connectivity index (χ0n) is 10.4. The van der Waals surface area contributed by atoms with Crippen molar-refractivity contribution in [3.05, 3.63) is 65.8 Å². The third kappa shape index (κ3) is 2.17. The Morgan fingerprint density at radius 2 is 1.90 bits per heavy atom. The van der Waals surface area contributed by atoms with Gasteiger partial charge in [-0.15, -0.1) is 0 Å². The normalized spacial score (nSPS) is 11.5. The maximum Gasteiger partial charge on any atom is 0.238 e. The lowest BCUT2D eigenvalue weighted by Gasteiger charge is -1.96. The molecule has 3 aromatic rings. The van der Waals surface area contributed by atoms with Gasteiger partial charge in [-0.3, -0.25) is 0 Å². The summed E-state index contributed by atoms with van der Waals surface area (Å²) in [6, 6.07) is 15.4. The van der Waals surface area contributed by atoms with Crippen LogP contribution >= 0.6 is 0 Å². The van der Waals surface area contributed by atoms with Crippen molar-refractivity contribution in [1.29, 1.82) is 5.26 Å². The molecule has 0 atom stereocenters. The molecular formula is C16H9FN2O. The molecular weight excluding hydrogens is 255 g/mol. The summed E-state index contributed by atoms with van der Waals surface area (Å²) < 4.78 is 19.1. The molecule has 2 aromatic carbocycles. The molecule has 0 bridgehead atoms. The number of para-hydroxylation sites is 2. The summed E-state index contributed by atoms with van der Waals surface area (Å²) in [5.74, 6) is -0.201. The molecule has 96 valence electrons. The number of rotatable bonds is 2. The molecule has 3 nitrogen and oxygen atoms in total. The van der Waals surface area contributed by atoms with E-state index in [-0.39, 0.29) is 11.5 Å². The van der Waals surface area contributed by atoms with Crippen LogP contribution in [0.4, 0.5) is 4.39 Å². The lowest BCUT2D eigenvalue weighted by Crippen LogP contribution is -1.84. The second-order valence-electron chi connectivity index (χ2n) is 4.18. The molecule has 0 N–H and O–H groups in total. The van der Waals surface area contributed by atoms with E-state index in [2.05, 4.69) is 4.98 Å². The molecule has 0 aliphatic heterocycles. The number of aromatic nitrogens is 1. The minimum absolute atomic E-state index is 0.186. The van der Waals surface area contributed by atoms with Crippen LogP contribution in [0.25, 0.3) is 22.7 Å². The second kappa shape index (κ2) is 4.98. The van der Waals surface area contributed by atoms with Crippen molar-refractivity contribution >= 4 is 22.7 Å². The van der Waals surface area contributed by atoms with Gasteiger partial charge in [-0.1, -0.05) is 30.3 Å². The SMILES string of the molecule is N#C/C(=C\c1ccccc1F)c1nc2ccccc2o1. The van der Waals surface area contributed by atoms with E-state index in [4.69, 9.17) is 4.42 Å². The first-order valence-electron chi connectivity index (χ1n) is 6.00. The fourth-order valence-electron chi connectivity index (χ4n) is 1.88. The number of fused-ring (bicyclic) bond motifs is 1. The molecule has 1 heterocycles. The molecule has 0 fully saturated rings. The van der Waals surface area contributed by atoms with Crippen LogP contribution in [0.3, 0.4) is 0 Å². The molecule has 0 saturated heterocycles. The van der Waals surface area contributed by atoms with Crippen molar-refractivity contribution in [1.82, 2.24) is 4.98 Å². The van der Waals surface area contributed by atoms with Crippen molar-refractivity contribution in [2.45, 2.75) is 0 Å². The average molecular weight is 264 g/mol. The summed E-state index contributed by atoms with van der Waals surface area (Å²) in [7, 11) is 0. The summed E-state index contributed by atoms with van der Waals surface area (Å²) in [6.07, 6.45) is 1.43. The van der Waals surface area contributed by atoms with E-state index in [0.29, 0.717) is 16.7 Å². The number of allylic oxidation sites excluding steroid dienone is 1. The Labute approximate surface area is 114 Å². The monoisotopic (exact) mass is 264 g/mol. The standard InChI is InChI=1S/C16H9FN2O/c17-13-6-2-1-5-11(13)9-12(10-18)16-19-14-7-3-4-8-15(14)20-16/h1-9H/b12-9+. The first-order valence-corrected chi connectivity index (χ1v) is 6.00. The van der Waals surface area contributed by atoms with Crippen LogP contribution in [0, 0.1) is 17.1 Å². The summed E-state index contributed by atoms with van der Waals surface area (Å²) in [6.45, 7) is 0. The lowest BCUT2D eigenvalue weighted by molar-refractivity contribution is 0.586. The molecule has 0 aliphatic rings. The Morgan fingerprint density at radius 1 is 1.15 bits per heavy atom. The molecule has 20 heavy (non-hydrogen) atoms. The van der Waals surface area contributed by atoms with Gasteiger partial charge in [-0.25, -0.2) is 9.37 Å². The Kier molecular flexibility index (Phi) is 3.02. The molecule has 0 spiro atoms. The van der Waals surface area contributed by atoms with E-state index < -0.39 is 5.82 Å². The molecule has 0 aliphatic carbocycles. The third-order valence-electron chi connectivity index (χ3n) is 2.85. The Hall–Kier alpha value is -2.93. The van der Waals surface area contributed by atoms with Crippen molar-refractivity contribution in [3.8, 4) is 6.07 Å². The van der Waals surface area contributed by atoms with Crippen molar-refractivity contribution in [2.75, 3.05) is 0 Å². The van der Waals surface area contributed by atoms with E-state index >= 15 is 0 Å². The van der Waals surface area contributed by atoms with Gasteiger partial charge in [0.1, 0.15) is 23.0 Å². The molecule has 0 saturated carbocycles. The molecule has 3 rings (SSSR count). The minimum Gasteiger partial charge on any atom is -0.435 e. The highest BCUT2D eigenvalue weighted by atomic mass is 19.1. The lowest BCUT2D eigenvalue weighted by atomic mass is 10.1. The largest absolute Gasteiger partial charge is 0.435 e. The summed E-state index contributed by atoms with van der Waals surface area (Å²) in [5.41, 5.74) is 1.77. The predicted octanol–water partition coefficient (Wildman–Crippen LogP) is 4.03. The van der Waals surface area contributed by atoms with Gasteiger partial charge in [-0.2, -0.15) is 5.26 Å². The van der Waals surface area contributed by atoms with Crippen molar-refractivity contribution in [2.24, 2.45) is 0 Å². The van der Waals surface area contributed by atoms with E-state index in [1.165, 1.54) is 12.1 Å². The molecule has 0 radical (unpaired) electrons. The Balaban J connectivity index is 2.10. The highest BCUT2D eigenvalue weighted by Gasteiger charge is 2.11. The zero-order valence-corrected chi connectivity index (χ0v) is 10.4. The van der Waals surface area contributed by atoms with E-state index in [9.17, 15) is 9.65 Å². The highest BCUT2D eigenvalue weighted by molar-refractivity contribution is 5.88. The van der Waals surface area contributed by atoms with Crippen LogP contribution < -0.4 is 0 Å². The summed E-state index contributed by atoms with van der Waals surface area (Å²) in [4.78, 5) is 4.23. The quantitative estimate of drug-likeness (QED) is 0.656. The fraction of sp³-hybridized carbons (Fsp3) is 0. The molecule has 0 unspecified atom stereocenters. The Morgan fingerprint density at radius 3 is 2.65 bits per heavy atom. The topological polar surface area (TPSA) is 49.8 Å². The minimum atomic E-state index is -0.392. The number of benzene rings is 2. The molecule has 0 amide bonds. The summed E-state index contributed by atoms with van der Waals surface area (Å²) >= 11 is 0. The van der Waals surface area contributed by atoms with E-state index in [1.54, 1.807) is 30.3 Å². The van der Waals surface area contributed by atoms with Crippen LogP contribution in [-0.4, -0.2) is 4.98 Å². The maximum atomic E-state index is 13.6. The predicted molar refractivity (Wildman–Crippen MR) is 73.9 cm³/mol. The zero-order chi connectivity index (χ0) is 13.9. The van der Waals surface area contributed by atoms with Crippen LogP contribution in [0.15, 0.2) is 52.9 Å². The third-order valence-corrected chi connectivity index (χ3v) is 2.85. The van der Waals surface area contributed by atoms with Gasteiger partial charge in [0.25, 0.3) is 0 Å². The van der Waals surface area contributed by atoms with Crippen LogP contribution in [0.2, 0.25) is 0 Å². The van der Waals surface area contributed by atoms with Crippen molar-refractivity contribution < 1.29 is 8.81 Å². The first kappa shape index (κ1) is 12.1. The van der Waals surface area contributed by atoms with Gasteiger partial charge in [-0.05, 0) is 24.3 Å². The van der Waals surface area contributed by atoms with E-state index in [1.807, 2.05) is 18.2 Å². The highest BCUT2D eigenvalue weighted by Crippen LogP contribution is 2.23. The smallest absolute Gasteiger partial charge is 0.238 e. The number of hydrogen-bond donors (Lipinski definition) is 0. The van der Waals surface area contributed by atoms with Crippen LogP contribution in [-0.2, 0) is 0 Å². The fourth-order valence-corrected chi connectivity index (χ4v) is 1.88. The van der Waals surface area contributed by atoms with Gasteiger partial charge in [0.05, 0.1) is 0 Å². The number of oxazole rings is 1. The van der Waals surface area contributed by atoms with E-state index in [0.717, 1.165) is 0 Å². The number of hydrogen-bond acceptors (Lipinski definition) is 3. The first-order chi connectivity index (χ1) is 9.78.